The van der Waals surface area contributed by atoms with Gasteiger partial charge in [0.2, 0.25) is 0 Å². The van der Waals surface area contributed by atoms with Crippen LogP contribution in [0.1, 0.15) is 79.6 Å². The van der Waals surface area contributed by atoms with E-state index in [1.165, 1.54) is 0 Å². The Kier molecular flexibility index (Phi) is 8.35. The minimum absolute atomic E-state index is 0.00805. The molecule has 0 unspecified atom stereocenters. The van der Waals surface area contributed by atoms with Crippen LogP contribution in [0.5, 0.6) is 0 Å². The van der Waals surface area contributed by atoms with Crippen molar-refractivity contribution in [1.82, 2.24) is 0 Å². The Balaban J connectivity index is 1.04. The van der Waals surface area contributed by atoms with Crippen LogP contribution >= 0.6 is 15.9 Å². The number of carbonyl (C=O) groups is 2. The van der Waals surface area contributed by atoms with Gasteiger partial charge in [0, 0.05) is 35.8 Å². The Bertz CT molecular complexity index is 1640. The summed E-state index contributed by atoms with van der Waals surface area (Å²) in [5.41, 5.74) is -4.06. The van der Waals surface area contributed by atoms with Gasteiger partial charge < -0.3 is 43.0 Å². The molecule has 9 rings (SSSR count). The van der Waals surface area contributed by atoms with Crippen molar-refractivity contribution in [3.8, 4) is 0 Å². The molecule has 0 radical (unpaired) electrons. The van der Waals surface area contributed by atoms with E-state index in [4.69, 9.17) is 37.9 Å². The van der Waals surface area contributed by atoms with E-state index in [-0.39, 0.29) is 36.4 Å². The van der Waals surface area contributed by atoms with E-state index in [0.29, 0.717) is 37.3 Å². The van der Waals surface area contributed by atoms with Crippen LogP contribution in [0.2, 0.25) is 0 Å². The van der Waals surface area contributed by atoms with Gasteiger partial charge in [-0.25, -0.2) is 4.79 Å². The van der Waals surface area contributed by atoms with Crippen molar-refractivity contribution < 1.29 is 52.6 Å². The highest BCUT2D eigenvalue weighted by atomic mass is 79.9. The molecule has 6 saturated heterocycles. The number of hydrogen-bond acceptors (Lipinski definition) is 11. The summed E-state index contributed by atoms with van der Waals surface area (Å²) in [7, 11) is 0. The highest BCUT2D eigenvalue weighted by Crippen LogP contribution is 2.66. The van der Waals surface area contributed by atoms with Crippen molar-refractivity contribution in [3.63, 3.8) is 0 Å². The van der Waals surface area contributed by atoms with Crippen molar-refractivity contribution in [1.29, 1.82) is 0 Å². The molecular formula is C39H50BrNO11. The highest BCUT2D eigenvalue weighted by Gasteiger charge is 2.88. The van der Waals surface area contributed by atoms with Gasteiger partial charge in [0.25, 0.3) is 0 Å². The minimum Gasteiger partial charge on any atom is -0.462 e. The fourth-order valence-electron chi connectivity index (χ4n) is 10.4. The maximum atomic E-state index is 14.7. The predicted molar refractivity (Wildman–Crippen MR) is 188 cm³/mol. The van der Waals surface area contributed by atoms with Crippen molar-refractivity contribution in [2.45, 2.75) is 157 Å². The first kappa shape index (κ1) is 35.6. The molecule has 1 amide bonds. The standard InChI is InChI=1S/C39H50BrNO11/c1-6-26-21(3)13-14-37(49-26)18-25-15-24(48-37)16-28-35(4,50-28)17-20(2)7-12-27-38(51-27)19-45-32-31(47-34(43)41-23-10-8-22(40)9-11-23)36(5)30(52-36)29(33(42)46-25)39(32,38)44/h7-12,20-21,24-32,44H,6,13-19H2,1-5H3,(H,41,43)/b12-7-/t20-,21-,24-,25-,26+,27+,28+,29-,30+,31-,32+,35-,36+,37+,38+,39+/m0/s1. The Morgan fingerprint density at radius 3 is 2.56 bits per heavy atom. The Hall–Kier alpha value is -2.10. The number of amides is 1. The maximum absolute atomic E-state index is 14.7. The third-order valence-corrected chi connectivity index (χ3v) is 13.9. The van der Waals surface area contributed by atoms with E-state index < -0.39 is 71.1 Å². The molecule has 0 aromatic heterocycles. The van der Waals surface area contributed by atoms with Crippen LogP contribution in [0, 0.1) is 17.8 Å². The summed E-state index contributed by atoms with van der Waals surface area (Å²) in [6.45, 7) is 10.4. The average molecular weight is 789 g/mol. The van der Waals surface area contributed by atoms with Gasteiger partial charge in [-0.3, -0.25) is 10.1 Å². The number of carbonyl (C=O) groups excluding carboxylic acids is 2. The highest BCUT2D eigenvalue weighted by molar-refractivity contribution is 9.10. The number of rotatable bonds is 3. The second kappa shape index (κ2) is 12.2. The number of aliphatic hydroxyl groups is 1. The summed E-state index contributed by atoms with van der Waals surface area (Å²) in [6.07, 6.45) is 3.95. The summed E-state index contributed by atoms with van der Waals surface area (Å²) >= 11 is 3.41. The van der Waals surface area contributed by atoms with Crippen LogP contribution < -0.4 is 5.32 Å². The van der Waals surface area contributed by atoms with Crippen LogP contribution in [0.25, 0.3) is 0 Å². The average Bonchev–Trinajstić information content (AvgIpc) is 4.03. The Labute approximate surface area is 312 Å². The molecule has 16 atom stereocenters. The summed E-state index contributed by atoms with van der Waals surface area (Å²) in [4.78, 5) is 28.0. The Morgan fingerprint density at radius 1 is 1.00 bits per heavy atom. The summed E-state index contributed by atoms with van der Waals surface area (Å²) in [5.74, 6) is -2.09. The molecule has 284 valence electrons. The molecule has 2 bridgehead atoms. The first-order chi connectivity index (χ1) is 24.7. The van der Waals surface area contributed by atoms with Crippen molar-refractivity contribution in [2.75, 3.05) is 11.9 Å². The van der Waals surface area contributed by atoms with E-state index in [2.05, 4.69) is 55.0 Å². The lowest BCUT2D eigenvalue weighted by molar-refractivity contribution is -0.336. The van der Waals surface area contributed by atoms with Crippen LogP contribution in [0.4, 0.5) is 10.5 Å². The van der Waals surface area contributed by atoms with Crippen molar-refractivity contribution in [2.24, 2.45) is 17.8 Å². The number of epoxide rings is 3. The molecule has 13 heteroatoms. The molecule has 1 saturated carbocycles. The number of ether oxygens (including phenoxy) is 8. The zero-order valence-corrected chi connectivity index (χ0v) is 32.0. The smallest absolute Gasteiger partial charge is 0.412 e. The second-order valence-corrected chi connectivity index (χ2v) is 18.0. The molecule has 12 nitrogen and oxygen atoms in total. The first-order valence-electron chi connectivity index (χ1n) is 19.1. The van der Waals surface area contributed by atoms with Gasteiger partial charge >= 0.3 is 12.1 Å². The van der Waals surface area contributed by atoms with E-state index in [1.807, 2.05) is 6.08 Å². The lowest BCUT2D eigenvalue weighted by Crippen LogP contribution is -2.69. The third-order valence-electron chi connectivity index (χ3n) is 13.4. The molecule has 1 aromatic rings. The number of halogens is 1. The molecule has 1 aliphatic carbocycles. The minimum atomic E-state index is -1.92. The molecule has 2 spiro atoms. The van der Waals surface area contributed by atoms with Gasteiger partial charge in [-0.15, -0.1) is 0 Å². The fraction of sp³-hybridized carbons (Fsp3) is 0.744. The first-order valence-corrected chi connectivity index (χ1v) is 19.9. The number of anilines is 1. The number of hydrogen-bond donors (Lipinski definition) is 2. The lowest BCUT2D eigenvalue weighted by atomic mass is 9.63. The Morgan fingerprint density at radius 2 is 1.79 bits per heavy atom. The molecule has 2 N–H and O–H groups in total. The van der Waals surface area contributed by atoms with Crippen LogP contribution in [0.15, 0.2) is 40.9 Å². The molecule has 8 aliphatic rings. The van der Waals surface area contributed by atoms with Gasteiger partial charge in [-0.2, -0.15) is 0 Å². The normalized spacial score (nSPS) is 52.2. The number of allylic oxidation sites excluding steroid dienone is 1. The van der Waals surface area contributed by atoms with Crippen molar-refractivity contribution in [3.05, 3.63) is 40.9 Å². The van der Waals surface area contributed by atoms with Crippen LogP contribution in [-0.2, 0) is 42.7 Å². The molecule has 7 heterocycles. The summed E-state index contributed by atoms with van der Waals surface area (Å²) < 4.78 is 52.3. The second-order valence-electron chi connectivity index (χ2n) is 17.1. The zero-order valence-electron chi connectivity index (χ0n) is 30.4. The number of fused-ring (bicyclic) bond motifs is 5. The lowest BCUT2D eigenvalue weighted by Gasteiger charge is -2.50. The molecule has 7 fully saturated rings. The van der Waals surface area contributed by atoms with E-state index >= 15 is 0 Å². The summed E-state index contributed by atoms with van der Waals surface area (Å²) in [5, 5.41) is 15.8. The van der Waals surface area contributed by atoms with Crippen molar-refractivity contribution >= 4 is 33.7 Å². The topological polar surface area (TPSA) is 150 Å². The van der Waals surface area contributed by atoms with E-state index in [9.17, 15) is 14.7 Å². The predicted octanol–water partition coefficient (Wildman–Crippen LogP) is 5.58. The molecular weight excluding hydrogens is 738 g/mol. The quantitative estimate of drug-likeness (QED) is 0.225. The molecule has 7 aliphatic heterocycles. The van der Waals surface area contributed by atoms with Gasteiger partial charge in [0.15, 0.2) is 17.5 Å². The van der Waals surface area contributed by atoms with E-state index in [0.717, 1.165) is 23.7 Å². The van der Waals surface area contributed by atoms with Crippen LogP contribution in [-0.4, -0.2) is 101 Å². The number of benzene rings is 1. The molecule has 52 heavy (non-hydrogen) atoms. The van der Waals surface area contributed by atoms with Crippen LogP contribution in [0.3, 0.4) is 0 Å². The molecule has 1 aromatic carbocycles. The fourth-order valence-corrected chi connectivity index (χ4v) is 10.6. The number of esters is 1. The van der Waals surface area contributed by atoms with Gasteiger partial charge in [0.1, 0.15) is 41.5 Å². The largest absolute Gasteiger partial charge is 0.462 e. The van der Waals surface area contributed by atoms with Gasteiger partial charge in [-0.1, -0.05) is 48.9 Å². The van der Waals surface area contributed by atoms with Gasteiger partial charge in [-0.05, 0) is 69.2 Å². The SMILES string of the molecule is CC[C@H]1O[C@]2(CC[C@@H]1C)C[C@@H]1C[C@@H](C[C@H]3O[C@@]3(C)C[C@@H](C)/C=C\[C@H]3O[C@]34CO[C@@H]3[C@H](OC(=O)Nc5ccc(Br)cc5)[C@]5(C)O[C@@H]5[C@@H](C(=O)O1)[C@@]34O)O2. The monoisotopic (exact) mass is 787 g/mol. The third kappa shape index (κ3) is 5.62. The summed E-state index contributed by atoms with van der Waals surface area (Å²) in [6, 6.07) is 7.09. The van der Waals surface area contributed by atoms with E-state index in [1.54, 1.807) is 31.2 Å². The zero-order chi connectivity index (χ0) is 36.4. The number of nitrogens with one attached hydrogen (secondary N) is 1. The maximum Gasteiger partial charge on any atom is 0.412 e. The van der Waals surface area contributed by atoms with Gasteiger partial charge in [0.05, 0.1) is 30.5 Å².